The van der Waals surface area contributed by atoms with E-state index in [0.29, 0.717) is 0 Å². The zero-order valence-electron chi connectivity index (χ0n) is 6.26. The summed E-state index contributed by atoms with van der Waals surface area (Å²) in [7, 11) is 2.21. The Morgan fingerprint density at radius 2 is 2.33 bits per heavy atom. The van der Waals surface area contributed by atoms with Crippen LogP contribution >= 0.6 is 11.8 Å². The number of rotatable bonds is 0. The molecule has 0 aliphatic carbocycles. The van der Waals surface area contributed by atoms with E-state index in [2.05, 4.69) is 30.6 Å². The van der Waals surface area contributed by atoms with Crippen molar-refractivity contribution in [1.82, 2.24) is 4.90 Å². The number of nitrogens with zero attached hydrogens (tertiary/aromatic N) is 1. The van der Waals surface area contributed by atoms with Crippen LogP contribution < -0.4 is 0 Å². The zero-order valence-corrected chi connectivity index (χ0v) is 7.08. The van der Waals surface area contributed by atoms with Crippen LogP contribution in [0.4, 0.5) is 0 Å². The number of hydrogen-bond acceptors (Lipinski definition) is 2. The minimum Gasteiger partial charge on any atom is -0.305 e. The van der Waals surface area contributed by atoms with Gasteiger partial charge in [0.2, 0.25) is 0 Å². The second-order valence-electron chi connectivity index (χ2n) is 2.80. The van der Waals surface area contributed by atoms with Crippen molar-refractivity contribution in [3.63, 3.8) is 0 Å². The first-order valence-corrected chi connectivity index (χ1v) is 4.64. The zero-order chi connectivity index (χ0) is 6.69. The molecule has 1 nitrogen and oxygen atoms in total. The van der Waals surface area contributed by atoms with Crippen molar-refractivity contribution in [2.45, 2.75) is 18.6 Å². The van der Waals surface area contributed by atoms with E-state index in [1.165, 1.54) is 25.3 Å². The third-order valence-electron chi connectivity index (χ3n) is 1.66. The quantitative estimate of drug-likeness (QED) is 0.507. The van der Waals surface area contributed by atoms with Crippen molar-refractivity contribution in [1.29, 1.82) is 0 Å². The van der Waals surface area contributed by atoms with Gasteiger partial charge in [-0.25, -0.2) is 0 Å². The molecule has 0 radical (unpaired) electrons. The Kier molecular flexibility index (Phi) is 2.86. The maximum atomic E-state index is 2.42. The van der Waals surface area contributed by atoms with Crippen molar-refractivity contribution in [3.05, 3.63) is 0 Å². The normalized spacial score (nSPS) is 32.0. The van der Waals surface area contributed by atoms with Crippen molar-refractivity contribution >= 4 is 11.8 Å². The van der Waals surface area contributed by atoms with Crippen molar-refractivity contribution in [2.24, 2.45) is 0 Å². The Morgan fingerprint density at radius 3 is 3.11 bits per heavy atom. The van der Waals surface area contributed by atoms with Gasteiger partial charge in [-0.05, 0) is 25.8 Å². The average Bonchev–Trinajstić information content (AvgIpc) is 1.93. The van der Waals surface area contributed by atoms with Gasteiger partial charge in [0.15, 0.2) is 0 Å². The van der Waals surface area contributed by atoms with E-state index in [1.807, 2.05) is 0 Å². The summed E-state index contributed by atoms with van der Waals surface area (Å²) < 4.78 is 0. The molecule has 1 fully saturated rings. The van der Waals surface area contributed by atoms with Crippen LogP contribution in [0.1, 0.15) is 13.3 Å². The molecule has 0 amide bonds. The molecule has 1 unspecified atom stereocenters. The fourth-order valence-corrected chi connectivity index (χ4v) is 2.26. The minimum atomic E-state index is 0.845. The molecule has 1 atom stereocenters. The van der Waals surface area contributed by atoms with E-state index in [0.717, 1.165) is 5.25 Å². The summed E-state index contributed by atoms with van der Waals surface area (Å²) in [4.78, 5) is 2.42. The lowest BCUT2D eigenvalue weighted by Gasteiger charge is -2.14. The Labute approximate surface area is 61.8 Å². The molecule has 1 heterocycles. The first-order chi connectivity index (χ1) is 4.29. The lowest BCUT2D eigenvalue weighted by Crippen LogP contribution is -2.24. The second kappa shape index (κ2) is 3.47. The molecular formula is C7H15NS. The highest BCUT2D eigenvalue weighted by Crippen LogP contribution is 2.16. The fraction of sp³-hybridized carbons (Fsp3) is 1.00. The molecule has 1 saturated heterocycles. The highest BCUT2D eigenvalue weighted by Gasteiger charge is 2.10. The van der Waals surface area contributed by atoms with Crippen molar-refractivity contribution < 1.29 is 0 Å². The Balaban J connectivity index is 2.29. The molecule has 0 aromatic carbocycles. The maximum absolute atomic E-state index is 2.42. The predicted octanol–water partition coefficient (Wildman–Crippen LogP) is 1.44. The van der Waals surface area contributed by atoms with E-state index >= 15 is 0 Å². The molecule has 0 saturated carbocycles. The lowest BCUT2D eigenvalue weighted by molar-refractivity contribution is 0.346. The van der Waals surface area contributed by atoms with Crippen molar-refractivity contribution in [3.8, 4) is 0 Å². The largest absolute Gasteiger partial charge is 0.305 e. The molecule has 2 heteroatoms. The maximum Gasteiger partial charge on any atom is 0.0146 e. The van der Waals surface area contributed by atoms with Crippen molar-refractivity contribution in [2.75, 3.05) is 25.9 Å². The summed E-state index contributed by atoms with van der Waals surface area (Å²) in [5.74, 6) is 1.35. The molecule has 54 valence electrons. The van der Waals surface area contributed by atoms with Crippen LogP contribution in [0.15, 0.2) is 0 Å². The summed E-state index contributed by atoms with van der Waals surface area (Å²) in [6.45, 7) is 4.87. The standard InChI is InChI=1S/C7H15NS/c1-7-6-8(2)4-3-5-9-7/h7H,3-6H2,1-2H3. The van der Waals surface area contributed by atoms with E-state index < -0.39 is 0 Å². The number of thioether (sulfide) groups is 1. The van der Waals surface area contributed by atoms with Crippen LogP contribution in [0.25, 0.3) is 0 Å². The Bertz CT molecular complexity index is 75.0. The third-order valence-corrected chi connectivity index (χ3v) is 2.90. The topological polar surface area (TPSA) is 3.24 Å². The first kappa shape index (κ1) is 7.42. The van der Waals surface area contributed by atoms with E-state index in [4.69, 9.17) is 0 Å². The van der Waals surface area contributed by atoms with Gasteiger partial charge >= 0.3 is 0 Å². The molecule has 0 spiro atoms. The Hall–Kier alpha value is 0.310. The highest BCUT2D eigenvalue weighted by atomic mass is 32.2. The molecule has 0 bridgehead atoms. The van der Waals surface area contributed by atoms with E-state index in [-0.39, 0.29) is 0 Å². The summed E-state index contributed by atoms with van der Waals surface area (Å²) in [6, 6.07) is 0. The first-order valence-electron chi connectivity index (χ1n) is 3.59. The van der Waals surface area contributed by atoms with Gasteiger partial charge in [0.05, 0.1) is 0 Å². The summed E-state index contributed by atoms with van der Waals surface area (Å²) >= 11 is 2.10. The molecule has 1 aliphatic heterocycles. The molecule has 1 aliphatic rings. The van der Waals surface area contributed by atoms with Crippen LogP contribution in [0.2, 0.25) is 0 Å². The fourth-order valence-electron chi connectivity index (χ4n) is 1.20. The van der Waals surface area contributed by atoms with Gasteiger partial charge < -0.3 is 4.90 Å². The second-order valence-corrected chi connectivity index (χ2v) is 4.34. The van der Waals surface area contributed by atoms with Gasteiger partial charge in [-0.15, -0.1) is 0 Å². The highest BCUT2D eigenvalue weighted by molar-refractivity contribution is 7.99. The number of hydrogen-bond donors (Lipinski definition) is 0. The molecular weight excluding hydrogens is 130 g/mol. The summed E-state index contributed by atoms with van der Waals surface area (Å²) in [6.07, 6.45) is 1.37. The van der Waals surface area contributed by atoms with E-state index in [1.54, 1.807) is 0 Å². The molecule has 0 aromatic rings. The smallest absolute Gasteiger partial charge is 0.0146 e. The third kappa shape index (κ3) is 2.59. The summed E-state index contributed by atoms with van der Waals surface area (Å²) in [5.41, 5.74) is 0. The van der Waals surface area contributed by atoms with Crippen LogP contribution in [-0.4, -0.2) is 36.0 Å². The van der Waals surface area contributed by atoms with Crippen LogP contribution in [-0.2, 0) is 0 Å². The molecule has 0 N–H and O–H groups in total. The molecule has 9 heavy (non-hydrogen) atoms. The van der Waals surface area contributed by atoms with Gasteiger partial charge in [-0.2, -0.15) is 11.8 Å². The van der Waals surface area contributed by atoms with Crippen LogP contribution in [0.5, 0.6) is 0 Å². The monoisotopic (exact) mass is 145 g/mol. The molecule has 1 rings (SSSR count). The molecule has 0 aromatic heterocycles. The minimum absolute atomic E-state index is 0.845. The van der Waals surface area contributed by atoms with Crippen LogP contribution in [0.3, 0.4) is 0 Å². The predicted molar refractivity (Wildman–Crippen MR) is 44.0 cm³/mol. The van der Waals surface area contributed by atoms with Gasteiger partial charge in [0.25, 0.3) is 0 Å². The van der Waals surface area contributed by atoms with Gasteiger partial charge in [0.1, 0.15) is 0 Å². The average molecular weight is 145 g/mol. The van der Waals surface area contributed by atoms with Gasteiger partial charge in [-0.3, -0.25) is 0 Å². The SMILES string of the molecule is CC1CN(C)CCCS1. The Morgan fingerprint density at radius 1 is 1.56 bits per heavy atom. The summed E-state index contributed by atoms with van der Waals surface area (Å²) in [5, 5.41) is 0.845. The van der Waals surface area contributed by atoms with E-state index in [9.17, 15) is 0 Å². The lowest BCUT2D eigenvalue weighted by atomic mass is 10.4. The van der Waals surface area contributed by atoms with Gasteiger partial charge in [0, 0.05) is 11.8 Å². The van der Waals surface area contributed by atoms with Crippen LogP contribution in [0, 0.1) is 0 Å². The van der Waals surface area contributed by atoms with Gasteiger partial charge in [-0.1, -0.05) is 6.92 Å².